The number of ether oxygens (including phenoxy) is 1. The molecule has 8 nitrogen and oxygen atoms in total. The second kappa shape index (κ2) is 7.44. The van der Waals surface area contributed by atoms with Gasteiger partial charge in [0.25, 0.3) is 11.5 Å². The first kappa shape index (κ1) is 18.1. The van der Waals surface area contributed by atoms with Crippen molar-refractivity contribution in [1.82, 2.24) is 25.1 Å². The van der Waals surface area contributed by atoms with Gasteiger partial charge in [0.05, 0.1) is 30.5 Å². The van der Waals surface area contributed by atoms with Gasteiger partial charge in [0.15, 0.2) is 0 Å². The molecule has 1 aliphatic carbocycles. The molecule has 1 fully saturated rings. The Balaban J connectivity index is 1.25. The third-order valence-corrected chi connectivity index (χ3v) is 5.94. The number of aromatic nitrogens is 4. The molecule has 150 valence electrons. The van der Waals surface area contributed by atoms with Gasteiger partial charge in [-0.3, -0.25) is 9.59 Å². The van der Waals surface area contributed by atoms with E-state index in [9.17, 15) is 9.59 Å². The number of carbonyl (C=O) groups excluding carboxylic acids is 1. The van der Waals surface area contributed by atoms with Crippen molar-refractivity contribution in [3.05, 3.63) is 57.8 Å². The third-order valence-electron chi connectivity index (χ3n) is 5.94. The van der Waals surface area contributed by atoms with Gasteiger partial charge in [-0.05, 0) is 37.8 Å². The second-order valence-corrected chi connectivity index (χ2v) is 7.78. The lowest BCUT2D eigenvalue weighted by Crippen LogP contribution is -2.40. The molecule has 4 heterocycles. The molecule has 0 spiro atoms. The predicted molar refractivity (Wildman–Crippen MR) is 107 cm³/mol. The van der Waals surface area contributed by atoms with E-state index in [1.807, 2.05) is 12.1 Å². The van der Waals surface area contributed by atoms with Crippen molar-refractivity contribution in [3.8, 4) is 0 Å². The highest BCUT2D eigenvalue weighted by Crippen LogP contribution is 2.28. The molecule has 0 bridgehead atoms. The lowest BCUT2D eigenvalue weighted by atomic mass is 9.91. The number of rotatable bonds is 3. The zero-order chi connectivity index (χ0) is 19.8. The molecule has 0 aromatic carbocycles. The van der Waals surface area contributed by atoms with Gasteiger partial charge >= 0.3 is 0 Å². The summed E-state index contributed by atoms with van der Waals surface area (Å²) in [5.41, 5.74) is 3.15. The number of nitrogens with one attached hydrogen (secondary N) is 2. The number of hydrogen-bond acceptors (Lipinski definition) is 5. The highest BCUT2D eigenvalue weighted by molar-refractivity contribution is 6.05. The van der Waals surface area contributed by atoms with E-state index in [2.05, 4.69) is 20.4 Å². The van der Waals surface area contributed by atoms with E-state index in [1.165, 1.54) is 0 Å². The monoisotopic (exact) mass is 393 g/mol. The SMILES string of the molecule is O=C(NC1CCC(n2nc3c(cc2=O)COCC3)CC1)c1c[nH]c2ncccc12. The van der Waals surface area contributed by atoms with Crippen LogP contribution in [0.2, 0.25) is 0 Å². The molecule has 1 aliphatic heterocycles. The lowest BCUT2D eigenvalue weighted by molar-refractivity contribution is 0.0922. The molecule has 0 radical (unpaired) electrons. The van der Waals surface area contributed by atoms with Gasteiger partial charge in [0.2, 0.25) is 0 Å². The van der Waals surface area contributed by atoms with Gasteiger partial charge in [-0.2, -0.15) is 5.10 Å². The summed E-state index contributed by atoms with van der Waals surface area (Å²) in [5.74, 6) is -0.0863. The number of nitrogens with zero attached hydrogens (tertiary/aromatic N) is 3. The Bertz CT molecular complexity index is 1110. The minimum absolute atomic E-state index is 0.0620. The van der Waals surface area contributed by atoms with Gasteiger partial charge in [0, 0.05) is 41.9 Å². The van der Waals surface area contributed by atoms with Crippen LogP contribution >= 0.6 is 0 Å². The summed E-state index contributed by atoms with van der Waals surface area (Å²) in [6.45, 7) is 1.13. The molecule has 2 N–H and O–H groups in total. The summed E-state index contributed by atoms with van der Waals surface area (Å²) < 4.78 is 7.06. The molecule has 8 heteroatoms. The number of hydrogen-bond donors (Lipinski definition) is 2. The van der Waals surface area contributed by atoms with Crippen LogP contribution in [0.25, 0.3) is 11.0 Å². The van der Waals surface area contributed by atoms with Crippen molar-refractivity contribution in [2.24, 2.45) is 0 Å². The third kappa shape index (κ3) is 3.44. The zero-order valence-corrected chi connectivity index (χ0v) is 16.1. The van der Waals surface area contributed by atoms with E-state index in [4.69, 9.17) is 4.74 Å². The molecule has 0 saturated heterocycles. The fourth-order valence-electron chi connectivity index (χ4n) is 4.36. The molecular formula is C21H23N5O3. The van der Waals surface area contributed by atoms with Gasteiger partial charge in [-0.25, -0.2) is 9.67 Å². The molecule has 29 heavy (non-hydrogen) atoms. The summed E-state index contributed by atoms with van der Waals surface area (Å²) in [7, 11) is 0. The largest absolute Gasteiger partial charge is 0.376 e. The average Bonchev–Trinajstić information content (AvgIpc) is 3.18. The Hall–Kier alpha value is -3.00. The van der Waals surface area contributed by atoms with Crippen LogP contribution < -0.4 is 10.9 Å². The number of pyridine rings is 1. The number of amides is 1. The van der Waals surface area contributed by atoms with Crippen LogP contribution in [-0.2, 0) is 17.8 Å². The van der Waals surface area contributed by atoms with E-state index >= 15 is 0 Å². The van der Waals surface area contributed by atoms with Gasteiger partial charge in [-0.15, -0.1) is 0 Å². The first-order chi connectivity index (χ1) is 14.2. The van der Waals surface area contributed by atoms with Crippen LogP contribution in [0.1, 0.15) is 53.3 Å². The minimum Gasteiger partial charge on any atom is -0.376 e. The summed E-state index contributed by atoms with van der Waals surface area (Å²) in [4.78, 5) is 32.5. The van der Waals surface area contributed by atoms with Crippen molar-refractivity contribution in [1.29, 1.82) is 0 Å². The zero-order valence-electron chi connectivity index (χ0n) is 16.1. The van der Waals surface area contributed by atoms with Crippen LogP contribution in [0.5, 0.6) is 0 Å². The first-order valence-corrected chi connectivity index (χ1v) is 10.1. The van der Waals surface area contributed by atoms with E-state index in [1.54, 1.807) is 23.1 Å². The summed E-state index contributed by atoms with van der Waals surface area (Å²) in [6, 6.07) is 5.57. The van der Waals surface area contributed by atoms with Crippen LogP contribution in [0, 0.1) is 0 Å². The van der Waals surface area contributed by atoms with Gasteiger partial charge < -0.3 is 15.0 Å². The fraction of sp³-hybridized carbons (Fsp3) is 0.429. The smallest absolute Gasteiger partial charge is 0.267 e. The predicted octanol–water partition coefficient (Wildman–Crippen LogP) is 2.11. The Labute approximate surface area is 167 Å². The normalized spacial score (nSPS) is 21.7. The Morgan fingerprint density at radius 1 is 1.28 bits per heavy atom. The lowest BCUT2D eigenvalue weighted by Gasteiger charge is -2.30. The van der Waals surface area contributed by atoms with E-state index in [0.717, 1.165) is 48.7 Å². The van der Waals surface area contributed by atoms with Gasteiger partial charge in [0.1, 0.15) is 5.65 Å². The van der Waals surface area contributed by atoms with Crippen LogP contribution in [0.15, 0.2) is 35.4 Å². The molecular weight excluding hydrogens is 370 g/mol. The number of fused-ring (bicyclic) bond motifs is 2. The van der Waals surface area contributed by atoms with Crippen molar-refractivity contribution in [3.63, 3.8) is 0 Å². The molecule has 3 aromatic heterocycles. The molecule has 1 saturated carbocycles. The first-order valence-electron chi connectivity index (χ1n) is 10.1. The molecule has 2 aliphatic rings. The number of H-pyrrole nitrogens is 1. The van der Waals surface area contributed by atoms with Crippen molar-refractivity contribution in [2.75, 3.05) is 6.61 Å². The Kier molecular flexibility index (Phi) is 4.63. The van der Waals surface area contributed by atoms with Crippen molar-refractivity contribution < 1.29 is 9.53 Å². The molecule has 0 atom stereocenters. The van der Waals surface area contributed by atoms with Gasteiger partial charge in [-0.1, -0.05) is 0 Å². The Morgan fingerprint density at radius 2 is 2.14 bits per heavy atom. The Morgan fingerprint density at radius 3 is 3.00 bits per heavy atom. The second-order valence-electron chi connectivity index (χ2n) is 7.78. The number of carbonyl (C=O) groups is 1. The molecule has 0 unspecified atom stereocenters. The van der Waals surface area contributed by atoms with Crippen LogP contribution in [0.3, 0.4) is 0 Å². The van der Waals surface area contributed by atoms with E-state index in [0.29, 0.717) is 24.4 Å². The highest BCUT2D eigenvalue weighted by Gasteiger charge is 2.26. The quantitative estimate of drug-likeness (QED) is 0.710. The standard InChI is InChI=1S/C21H23N5O3/c27-19-10-13-12-29-9-7-18(13)25-26(19)15-5-3-14(4-6-15)24-21(28)17-11-23-20-16(17)2-1-8-22-20/h1-2,8,10-11,14-15H,3-7,9,12H2,(H,22,23)(H,24,28). The van der Waals surface area contributed by atoms with Crippen LogP contribution in [-0.4, -0.2) is 38.3 Å². The maximum Gasteiger partial charge on any atom is 0.267 e. The van der Waals surface area contributed by atoms with Crippen molar-refractivity contribution >= 4 is 16.9 Å². The van der Waals surface area contributed by atoms with Crippen LogP contribution in [0.4, 0.5) is 0 Å². The maximum absolute atomic E-state index is 12.7. The highest BCUT2D eigenvalue weighted by atomic mass is 16.5. The molecule has 1 amide bonds. The summed E-state index contributed by atoms with van der Waals surface area (Å²) in [6.07, 6.45) is 7.45. The molecule has 5 rings (SSSR count). The van der Waals surface area contributed by atoms with Crippen molar-refractivity contribution in [2.45, 2.75) is 50.8 Å². The maximum atomic E-state index is 12.7. The summed E-state index contributed by atoms with van der Waals surface area (Å²) in [5, 5.41) is 8.59. The molecule has 3 aromatic rings. The summed E-state index contributed by atoms with van der Waals surface area (Å²) >= 11 is 0. The van der Waals surface area contributed by atoms with E-state index in [-0.39, 0.29) is 23.6 Å². The van der Waals surface area contributed by atoms with E-state index < -0.39 is 0 Å². The average molecular weight is 393 g/mol. The number of aromatic amines is 1. The fourth-order valence-corrected chi connectivity index (χ4v) is 4.36. The minimum atomic E-state index is -0.0863. The topological polar surface area (TPSA) is 102 Å².